The molecule has 0 saturated heterocycles. The van der Waals surface area contributed by atoms with E-state index in [0.29, 0.717) is 6.54 Å². The summed E-state index contributed by atoms with van der Waals surface area (Å²) < 4.78 is 5.41. The molecule has 2 N–H and O–H groups in total. The van der Waals surface area contributed by atoms with Crippen LogP contribution in [0.4, 0.5) is 5.69 Å². The Labute approximate surface area is 144 Å². The van der Waals surface area contributed by atoms with Gasteiger partial charge >= 0.3 is 0 Å². The minimum Gasteiger partial charge on any atom is -0.496 e. The van der Waals surface area contributed by atoms with Crippen molar-refractivity contribution in [2.75, 3.05) is 26.0 Å². The average Bonchev–Trinajstić information content (AvgIpc) is 2.50. The Balaban J connectivity index is 1.98. The Morgan fingerprint density at radius 3 is 2.42 bits per heavy atom. The molecule has 0 saturated carbocycles. The average molecular weight is 327 g/mol. The van der Waals surface area contributed by atoms with E-state index in [-0.39, 0.29) is 5.91 Å². The van der Waals surface area contributed by atoms with Gasteiger partial charge in [0.1, 0.15) is 12.3 Å². The van der Waals surface area contributed by atoms with Gasteiger partial charge in [-0.2, -0.15) is 0 Å². The van der Waals surface area contributed by atoms with Crippen LogP contribution in [-0.2, 0) is 11.3 Å². The zero-order chi connectivity index (χ0) is 17.7. The van der Waals surface area contributed by atoms with E-state index in [1.54, 1.807) is 7.11 Å². The quantitative estimate of drug-likeness (QED) is 0.855. The number of benzene rings is 2. The maximum atomic E-state index is 12.3. The molecule has 128 valence electrons. The minimum absolute atomic E-state index is 0.0195. The normalized spacial score (nSPS) is 11.9. The fraction of sp³-hybridized carbons (Fsp3) is 0.350. The van der Waals surface area contributed by atoms with Gasteiger partial charge in [0, 0.05) is 11.3 Å². The highest BCUT2D eigenvalue weighted by Crippen LogP contribution is 2.18. The topological polar surface area (TPSA) is 42.8 Å². The summed E-state index contributed by atoms with van der Waals surface area (Å²) in [6.07, 6.45) is 0. The third-order valence-corrected chi connectivity index (χ3v) is 4.05. The Morgan fingerprint density at radius 1 is 1.08 bits per heavy atom. The Morgan fingerprint density at radius 2 is 1.75 bits per heavy atom. The van der Waals surface area contributed by atoms with Crippen molar-refractivity contribution in [1.82, 2.24) is 0 Å². The number of rotatable bonds is 6. The molecule has 1 atom stereocenters. The number of amides is 1. The van der Waals surface area contributed by atoms with Gasteiger partial charge in [-0.3, -0.25) is 4.79 Å². The monoisotopic (exact) mass is 327 g/mol. The van der Waals surface area contributed by atoms with Gasteiger partial charge in [-0.25, -0.2) is 0 Å². The van der Waals surface area contributed by atoms with E-state index in [0.717, 1.165) is 34.0 Å². The van der Waals surface area contributed by atoms with E-state index in [9.17, 15) is 4.79 Å². The molecular weight excluding hydrogens is 300 g/mol. The molecule has 4 nitrogen and oxygen atoms in total. The van der Waals surface area contributed by atoms with Gasteiger partial charge in [0.15, 0.2) is 6.54 Å². The Kier molecular flexibility index (Phi) is 5.99. The first-order chi connectivity index (χ1) is 11.4. The molecule has 0 bridgehead atoms. The molecule has 4 heteroatoms. The maximum Gasteiger partial charge on any atom is 0.279 e. The summed E-state index contributed by atoms with van der Waals surface area (Å²) in [5.74, 6) is 0.890. The molecule has 2 rings (SSSR count). The van der Waals surface area contributed by atoms with E-state index in [4.69, 9.17) is 4.74 Å². The van der Waals surface area contributed by atoms with E-state index >= 15 is 0 Å². The van der Waals surface area contributed by atoms with Crippen LogP contribution in [-0.4, -0.2) is 26.6 Å². The van der Waals surface area contributed by atoms with Crippen LogP contribution in [0.1, 0.15) is 22.3 Å². The number of hydrogen-bond acceptors (Lipinski definition) is 2. The second-order valence-electron chi connectivity index (χ2n) is 6.49. The summed E-state index contributed by atoms with van der Waals surface area (Å²) in [5.41, 5.74) is 5.47. The number of quaternary nitrogens is 1. The molecule has 2 aromatic rings. The van der Waals surface area contributed by atoms with Crippen LogP contribution in [0.2, 0.25) is 0 Å². The van der Waals surface area contributed by atoms with Crippen LogP contribution < -0.4 is 15.0 Å². The predicted molar refractivity (Wildman–Crippen MR) is 97.7 cm³/mol. The van der Waals surface area contributed by atoms with Gasteiger partial charge in [0.2, 0.25) is 0 Å². The highest BCUT2D eigenvalue weighted by Gasteiger charge is 2.14. The lowest BCUT2D eigenvalue weighted by atomic mass is 10.1. The number of carbonyl (C=O) groups excluding carboxylic acids is 1. The zero-order valence-corrected chi connectivity index (χ0v) is 15.2. The second-order valence-corrected chi connectivity index (χ2v) is 6.49. The van der Waals surface area contributed by atoms with Gasteiger partial charge < -0.3 is 15.0 Å². The molecule has 0 radical (unpaired) electrons. The van der Waals surface area contributed by atoms with Crippen molar-refractivity contribution < 1.29 is 14.4 Å². The van der Waals surface area contributed by atoms with E-state index in [2.05, 4.69) is 24.4 Å². The van der Waals surface area contributed by atoms with Gasteiger partial charge in [-0.05, 0) is 44.5 Å². The van der Waals surface area contributed by atoms with E-state index < -0.39 is 0 Å². The maximum absolute atomic E-state index is 12.3. The van der Waals surface area contributed by atoms with Gasteiger partial charge in [0.05, 0.1) is 14.2 Å². The summed E-state index contributed by atoms with van der Waals surface area (Å²) >= 11 is 0. The number of carbonyl (C=O) groups is 1. The van der Waals surface area contributed by atoms with Crippen molar-refractivity contribution >= 4 is 11.6 Å². The lowest BCUT2D eigenvalue weighted by Gasteiger charge is -2.17. The second kappa shape index (κ2) is 7.97. The first-order valence-corrected chi connectivity index (χ1v) is 8.21. The number of aryl methyl sites for hydroxylation is 3. The lowest BCUT2D eigenvalue weighted by molar-refractivity contribution is -0.885. The predicted octanol–water partition coefficient (Wildman–Crippen LogP) is 2.27. The number of likely N-dealkylation sites (N-methyl/N-ethyl adjacent to an activating group) is 1. The van der Waals surface area contributed by atoms with E-state index in [1.165, 1.54) is 11.1 Å². The van der Waals surface area contributed by atoms with Crippen molar-refractivity contribution in [3.8, 4) is 5.75 Å². The highest BCUT2D eigenvalue weighted by atomic mass is 16.5. The Bertz CT molecular complexity index is 726. The van der Waals surface area contributed by atoms with Crippen LogP contribution in [0, 0.1) is 20.8 Å². The number of nitrogens with one attached hydrogen (secondary N) is 2. The molecule has 24 heavy (non-hydrogen) atoms. The third-order valence-electron chi connectivity index (χ3n) is 4.05. The number of ether oxygens (including phenoxy) is 1. The summed E-state index contributed by atoms with van der Waals surface area (Å²) in [6.45, 7) is 7.27. The van der Waals surface area contributed by atoms with E-state index in [1.807, 2.05) is 45.2 Å². The highest BCUT2D eigenvalue weighted by molar-refractivity contribution is 5.92. The standard InChI is InChI=1S/C20H26N2O2/c1-14-6-8-18(16(3)10-14)21-20(23)13-22(4)12-17-11-15(2)7-9-19(17)24-5/h6-11H,12-13H2,1-5H3,(H,21,23)/p+1. The lowest BCUT2D eigenvalue weighted by Crippen LogP contribution is -3.08. The van der Waals surface area contributed by atoms with Crippen molar-refractivity contribution in [3.63, 3.8) is 0 Å². The summed E-state index contributed by atoms with van der Waals surface area (Å²) in [5, 5.41) is 3.00. The molecule has 2 aromatic carbocycles. The first kappa shape index (κ1) is 18.0. The molecule has 0 aliphatic carbocycles. The molecule has 0 spiro atoms. The van der Waals surface area contributed by atoms with Crippen molar-refractivity contribution in [2.24, 2.45) is 0 Å². The van der Waals surface area contributed by atoms with Crippen LogP contribution in [0.25, 0.3) is 0 Å². The van der Waals surface area contributed by atoms with Crippen LogP contribution in [0.15, 0.2) is 36.4 Å². The number of hydrogen-bond donors (Lipinski definition) is 2. The molecular formula is C20H27N2O2+. The largest absolute Gasteiger partial charge is 0.496 e. The molecule has 0 fully saturated rings. The Hall–Kier alpha value is -2.33. The van der Waals surface area contributed by atoms with Crippen LogP contribution in [0.5, 0.6) is 5.75 Å². The fourth-order valence-corrected chi connectivity index (χ4v) is 2.86. The summed E-state index contributed by atoms with van der Waals surface area (Å²) in [7, 11) is 3.69. The first-order valence-electron chi connectivity index (χ1n) is 8.21. The van der Waals surface area contributed by atoms with Crippen LogP contribution in [0.3, 0.4) is 0 Å². The van der Waals surface area contributed by atoms with Gasteiger partial charge in [-0.1, -0.05) is 29.3 Å². The zero-order valence-electron chi connectivity index (χ0n) is 15.2. The summed E-state index contributed by atoms with van der Waals surface area (Å²) in [4.78, 5) is 13.4. The van der Waals surface area contributed by atoms with Crippen molar-refractivity contribution in [1.29, 1.82) is 0 Å². The number of anilines is 1. The molecule has 0 aromatic heterocycles. The SMILES string of the molecule is COc1ccc(C)cc1C[NH+](C)CC(=O)Nc1ccc(C)cc1C. The van der Waals surface area contributed by atoms with Crippen molar-refractivity contribution in [2.45, 2.75) is 27.3 Å². The van der Waals surface area contributed by atoms with Crippen molar-refractivity contribution in [3.05, 3.63) is 58.7 Å². The molecule has 1 unspecified atom stereocenters. The molecule has 1 amide bonds. The third kappa shape index (κ3) is 4.83. The molecule has 0 aliphatic rings. The molecule has 0 heterocycles. The van der Waals surface area contributed by atoms with Gasteiger partial charge in [0.25, 0.3) is 5.91 Å². The minimum atomic E-state index is 0.0195. The summed E-state index contributed by atoms with van der Waals surface area (Å²) in [6, 6.07) is 12.2. The fourth-order valence-electron chi connectivity index (χ4n) is 2.86. The smallest absolute Gasteiger partial charge is 0.279 e. The van der Waals surface area contributed by atoms with Crippen LogP contribution >= 0.6 is 0 Å². The number of methoxy groups -OCH3 is 1. The van der Waals surface area contributed by atoms with Gasteiger partial charge in [-0.15, -0.1) is 0 Å². The molecule has 0 aliphatic heterocycles.